The summed E-state index contributed by atoms with van der Waals surface area (Å²) in [6, 6.07) is 28.1. The molecule has 0 atom stereocenters. The first-order valence-electron chi connectivity index (χ1n) is 11.4. The van der Waals surface area contributed by atoms with Crippen molar-refractivity contribution in [3.8, 4) is 16.9 Å². The van der Waals surface area contributed by atoms with Crippen LogP contribution in [0.1, 0.15) is 24.0 Å². The van der Waals surface area contributed by atoms with Crippen molar-refractivity contribution in [1.29, 1.82) is 0 Å². The van der Waals surface area contributed by atoms with Crippen molar-refractivity contribution >= 4 is 0 Å². The molecule has 3 aromatic carbocycles. The van der Waals surface area contributed by atoms with Crippen LogP contribution in [0.3, 0.4) is 0 Å². The summed E-state index contributed by atoms with van der Waals surface area (Å²) < 4.78 is 6.41. The van der Waals surface area contributed by atoms with Gasteiger partial charge in [0.05, 0.1) is 0 Å². The Morgan fingerprint density at radius 3 is 2.39 bits per heavy atom. The normalized spacial score (nSPS) is 15.3. The van der Waals surface area contributed by atoms with Crippen molar-refractivity contribution in [1.82, 2.24) is 9.80 Å². The molecule has 0 radical (unpaired) electrons. The van der Waals surface area contributed by atoms with E-state index in [-0.39, 0.29) is 0 Å². The van der Waals surface area contributed by atoms with Gasteiger partial charge in [0.15, 0.2) is 0 Å². The van der Waals surface area contributed by atoms with Gasteiger partial charge in [-0.15, -0.1) is 0 Å². The Morgan fingerprint density at radius 2 is 1.61 bits per heavy atom. The van der Waals surface area contributed by atoms with Crippen LogP contribution in [0, 0.1) is 0 Å². The van der Waals surface area contributed by atoms with Gasteiger partial charge in [0, 0.05) is 26.2 Å². The fourth-order valence-electron chi connectivity index (χ4n) is 4.39. The second-order valence-corrected chi connectivity index (χ2v) is 8.82. The van der Waals surface area contributed by atoms with E-state index in [9.17, 15) is 0 Å². The largest absolute Gasteiger partial charge is 0.490 e. The maximum Gasteiger partial charge on any atom is 0.120 e. The van der Waals surface area contributed by atoms with E-state index in [4.69, 9.17) is 4.74 Å². The Bertz CT molecular complexity index is 946. The molecule has 3 nitrogen and oxygen atoms in total. The predicted octanol–water partition coefficient (Wildman–Crippen LogP) is 5.50. The van der Waals surface area contributed by atoms with Crippen molar-refractivity contribution in [2.45, 2.75) is 31.9 Å². The predicted molar refractivity (Wildman–Crippen MR) is 130 cm³/mol. The third-order valence-corrected chi connectivity index (χ3v) is 6.05. The first-order chi connectivity index (χ1) is 15.2. The summed E-state index contributed by atoms with van der Waals surface area (Å²) in [6.45, 7) is 4.29. The number of piperidine rings is 1. The molecular formula is C28H34N2O. The minimum absolute atomic E-state index is 0.306. The molecule has 0 saturated carbocycles. The number of hydrogen-bond acceptors (Lipinski definition) is 3. The van der Waals surface area contributed by atoms with Gasteiger partial charge >= 0.3 is 0 Å². The number of benzene rings is 3. The van der Waals surface area contributed by atoms with Crippen molar-refractivity contribution in [2.24, 2.45) is 0 Å². The molecule has 4 rings (SSSR count). The van der Waals surface area contributed by atoms with Gasteiger partial charge in [-0.05, 0) is 67.7 Å². The number of ether oxygens (including phenoxy) is 1. The van der Waals surface area contributed by atoms with Gasteiger partial charge in [-0.25, -0.2) is 0 Å². The molecule has 1 fully saturated rings. The topological polar surface area (TPSA) is 15.7 Å². The highest BCUT2D eigenvalue weighted by Gasteiger charge is 2.20. The smallest absolute Gasteiger partial charge is 0.120 e. The lowest BCUT2D eigenvalue weighted by Crippen LogP contribution is -2.39. The van der Waals surface area contributed by atoms with Gasteiger partial charge in [0.25, 0.3) is 0 Å². The second kappa shape index (κ2) is 10.6. The second-order valence-electron chi connectivity index (χ2n) is 8.82. The Hall–Kier alpha value is -2.62. The van der Waals surface area contributed by atoms with E-state index in [1.54, 1.807) is 0 Å². The van der Waals surface area contributed by atoms with Crippen LogP contribution in [0.25, 0.3) is 11.1 Å². The molecule has 31 heavy (non-hydrogen) atoms. The molecule has 3 aromatic rings. The summed E-state index contributed by atoms with van der Waals surface area (Å²) in [4.78, 5) is 4.78. The summed E-state index contributed by atoms with van der Waals surface area (Å²) in [6.07, 6.45) is 3.62. The zero-order chi connectivity index (χ0) is 21.5. The highest BCUT2D eigenvalue weighted by Crippen LogP contribution is 2.29. The molecule has 0 spiro atoms. The summed E-state index contributed by atoms with van der Waals surface area (Å²) in [5.41, 5.74) is 5.29. The Morgan fingerprint density at radius 1 is 0.871 bits per heavy atom. The fourth-order valence-corrected chi connectivity index (χ4v) is 4.39. The Kier molecular flexibility index (Phi) is 7.39. The summed E-state index contributed by atoms with van der Waals surface area (Å²) in [5, 5.41) is 0. The van der Waals surface area contributed by atoms with Gasteiger partial charge in [-0.2, -0.15) is 0 Å². The van der Waals surface area contributed by atoms with E-state index < -0.39 is 0 Å². The van der Waals surface area contributed by atoms with Crippen LogP contribution >= 0.6 is 0 Å². The van der Waals surface area contributed by atoms with Crippen LogP contribution in [0.2, 0.25) is 0 Å². The lowest BCUT2D eigenvalue weighted by molar-refractivity contribution is 0.101. The van der Waals surface area contributed by atoms with Crippen LogP contribution in [0.5, 0.6) is 5.75 Å². The Balaban J connectivity index is 1.33. The highest BCUT2D eigenvalue weighted by atomic mass is 16.5. The SMILES string of the molecule is CN(C)Cc1ccccc1-c1cccc(OC2CCN(CCc3ccccc3)CC2)c1. The standard InChI is InChI=1S/C28H34N2O/c1-29(2)22-25-11-6-7-14-28(25)24-12-8-13-27(21-24)31-26-16-19-30(20-17-26)18-15-23-9-4-3-5-10-23/h3-14,21,26H,15-20,22H2,1-2H3. The van der Waals surface area contributed by atoms with Crippen molar-refractivity contribution < 1.29 is 4.74 Å². The molecule has 1 aliphatic heterocycles. The minimum atomic E-state index is 0.306. The molecule has 0 N–H and O–H groups in total. The quantitative estimate of drug-likeness (QED) is 0.484. The molecule has 0 aliphatic carbocycles. The average molecular weight is 415 g/mol. The molecule has 0 amide bonds. The molecule has 0 aromatic heterocycles. The summed E-state index contributed by atoms with van der Waals surface area (Å²) in [7, 11) is 4.23. The Labute approximate surface area is 187 Å². The van der Waals surface area contributed by atoms with E-state index in [0.29, 0.717) is 6.10 Å². The van der Waals surface area contributed by atoms with E-state index in [1.807, 2.05) is 0 Å². The summed E-state index contributed by atoms with van der Waals surface area (Å²) in [5.74, 6) is 0.986. The van der Waals surface area contributed by atoms with Gasteiger partial charge < -0.3 is 14.5 Å². The minimum Gasteiger partial charge on any atom is -0.490 e. The van der Waals surface area contributed by atoms with Gasteiger partial charge in [0.1, 0.15) is 11.9 Å². The first-order valence-corrected chi connectivity index (χ1v) is 11.4. The van der Waals surface area contributed by atoms with Crippen LogP contribution in [0.15, 0.2) is 78.9 Å². The molecule has 1 saturated heterocycles. The van der Waals surface area contributed by atoms with E-state index in [2.05, 4.69) is 103 Å². The molecule has 1 aliphatic rings. The lowest BCUT2D eigenvalue weighted by Gasteiger charge is -2.32. The third kappa shape index (κ3) is 6.19. The third-order valence-electron chi connectivity index (χ3n) is 6.05. The van der Waals surface area contributed by atoms with E-state index in [0.717, 1.165) is 51.2 Å². The molecule has 1 heterocycles. The van der Waals surface area contributed by atoms with Crippen molar-refractivity contribution in [3.05, 3.63) is 90.0 Å². The average Bonchev–Trinajstić information content (AvgIpc) is 2.79. The molecule has 162 valence electrons. The summed E-state index contributed by atoms with van der Waals surface area (Å²) >= 11 is 0. The number of rotatable bonds is 8. The van der Waals surface area contributed by atoms with Gasteiger partial charge in [0.2, 0.25) is 0 Å². The van der Waals surface area contributed by atoms with Crippen LogP contribution in [-0.4, -0.2) is 49.6 Å². The zero-order valence-corrected chi connectivity index (χ0v) is 18.8. The first kappa shape index (κ1) is 21.6. The maximum absolute atomic E-state index is 6.41. The van der Waals surface area contributed by atoms with E-state index >= 15 is 0 Å². The van der Waals surface area contributed by atoms with Crippen LogP contribution in [0.4, 0.5) is 0 Å². The molecular weight excluding hydrogens is 380 g/mol. The zero-order valence-electron chi connectivity index (χ0n) is 18.8. The number of nitrogens with zero attached hydrogens (tertiary/aromatic N) is 2. The van der Waals surface area contributed by atoms with Crippen molar-refractivity contribution in [3.63, 3.8) is 0 Å². The molecule has 3 heteroatoms. The maximum atomic E-state index is 6.41. The fraction of sp³-hybridized carbons (Fsp3) is 0.357. The molecule has 0 bridgehead atoms. The van der Waals surface area contributed by atoms with Crippen LogP contribution < -0.4 is 4.74 Å². The van der Waals surface area contributed by atoms with Gasteiger partial charge in [-0.1, -0.05) is 66.7 Å². The lowest BCUT2D eigenvalue weighted by atomic mass is 9.99. The monoisotopic (exact) mass is 414 g/mol. The van der Waals surface area contributed by atoms with Crippen LogP contribution in [-0.2, 0) is 13.0 Å². The van der Waals surface area contributed by atoms with Crippen molar-refractivity contribution in [2.75, 3.05) is 33.7 Å². The molecule has 0 unspecified atom stereocenters. The highest BCUT2D eigenvalue weighted by molar-refractivity contribution is 5.68. The van der Waals surface area contributed by atoms with Gasteiger partial charge in [-0.3, -0.25) is 0 Å². The van der Waals surface area contributed by atoms with E-state index in [1.165, 1.54) is 22.3 Å². The number of hydrogen-bond donors (Lipinski definition) is 0. The number of likely N-dealkylation sites (tertiary alicyclic amines) is 1.